The van der Waals surface area contributed by atoms with Crippen LogP contribution >= 0.6 is 0 Å². The van der Waals surface area contributed by atoms with Gasteiger partial charge in [0.25, 0.3) is 5.91 Å². The van der Waals surface area contributed by atoms with Crippen LogP contribution in [0.5, 0.6) is 0 Å². The van der Waals surface area contributed by atoms with Crippen molar-refractivity contribution in [3.8, 4) is 6.07 Å². The van der Waals surface area contributed by atoms with Crippen molar-refractivity contribution < 1.29 is 9.59 Å². The minimum absolute atomic E-state index is 0.0104. The van der Waals surface area contributed by atoms with Gasteiger partial charge in [-0.1, -0.05) is 46.8 Å². The number of hydrogen-bond donors (Lipinski definition) is 2. The standard InChI is InChI=1S/C23H27N3O2/c1-15(2)20(22(28)25-19-12-6-16(14-24)7-13-19)26-21(27)17-8-10-18(11-9-17)23(3,4)5/h6-13,15,20H,1-5H3,(H,25,28)(H,26,27). The summed E-state index contributed by atoms with van der Waals surface area (Å²) in [5.41, 5.74) is 2.77. The van der Waals surface area contributed by atoms with Gasteiger partial charge in [-0.3, -0.25) is 9.59 Å². The third kappa shape index (κ3) is 5.43. The van der Waals surface area contributed by atoms with E-state index in [1.54, 1.807) is 36.4 Å². The molecule has 2 amide bonds. The fourth-order valence-electron chi connectivity index (χ4n) is 2.73. The molecule has 0 aromatic heterocycles. The molecule has 5 nitrogen and oxygen atoms in total. The first-order chi connectivity index (χ1) is 13.1. The van der Waals surface area contributed by atoms with Crippen molar-refractivity contribution in [1.29, 1.82) is 5.26 Å². The molecule has 1 atom stereocenters. The normalized spacial score (nSPS) is 12.2. The maximum absolute atomic E-state index is 12.7. The lowest BCUT2D eigenvalue weighted by molar-refractivity contribution is -0.118. The van der Waals surface area contributed by atoms with Crippen molar-refractivity contribution in [2.75, 3.05) is 5.32 Å². The van der Waals surface area contributed by atoms with Crippen LogP contribution < -0.4 is 10.6 Å². The second kappa shape index (κ2) is 8.71. The van der Waals surface area contributed by atoms with E-state index in [2.05, 4.69) is 31.4 Å². The molecule has 0 aliphatic heterocycles. The van der Waals surface area contributed by atoms with Crippen molar-refractivity contribution in [3.05, 3.63) is 65.2 Å². The van der Waals surface area contributed by atoms with Crippen LogP contribution in [0.1, 0.15) is 56.1 Å². The van der Waals surface area contributed by atoms with Gasteiger partial charge < -0.3 is 10.6 Å². The summed E-state index contributed by atoms with van der Waals surface area (Å²) in [7, 11) is 0. The van der Waals surface area contributed by atoms with Crippen molar-refractivity contribution >= 4 is 17.5 Å². The Balaban J connectivity index is 2.09. The first kappa shape index (κ1) is 21.2. The third-order valence-corrected chi connectivity index (χ3v) is 4.53. The highest BCUT2D eigenvalue weighted by atomic mass is 16.2. The molecule has 2 N–H and O–H groups in total. The first-order valence-corrected chi connectivity index (χ1v) is 9.34. The fourth-order valence-corrected chi connectivity index (χ4v) is 2.73. The van der Waals surface area contributed by atoms with Crippen LogP contribution in [0.15, 0.2) is 48.5 Å². The third-order valence-electron chi connectivity index (χ3n) is 4.53. The summed E-state index contributed by atoms with van der Waals surface area (Å²) in [6.45, 7) is 10.1. The number of hydrogen-bond acceptors (Lipinski definition) is 3. The number of anilines is 1. The molecule has 2 rings (SSSR count). The van der Waals surface area contributed by atoms with Crippen LogP contribution in [0, 0.1) is 17.2 Å². The van der Waals surface area contributed by atoms with Crippen LogP contribution in [0.25, 0.3) is 0 Å². The van der Waals surface area contributed by atoms with E-state index in [9.17, 15) is 9.59 Å². The Morgan fingerprint density at radius 2 is 1.54 bits per heavy atom. The lowest BCUT2D eigenvalue weighted by Crippen LogP contribution is -2.47. The van der Waals surface area contributed by atoms with E-state index < -0.39 is 6.04 Å². The molecule has 1 unspecified atom stereocenters. The number of nitriles is 1. The van der Waals surface area contributed by atoms with Gasteiger partial charge in [-0.15, -0.1) is 0 Å². The number of nitrogens with one attached hydrogen (secondary N) is 2. The number of rotatable bonds is 5. The van der Waals surface area contributed by atoms with Gasteiger partial charge in [0, 0.05) is 11.3 Å². The van der Waals surface area contributed by atoms with Gasteiger partial charge in [0.1, 0.15) is 6.04 Å². The fraction of sp³-hybridized carbons (Fsp3) is 0.348. The molecule has 0 aliphatic carbocycles. The zero-order valence-corrected chi connectivity index (χ0v) is 17.0. The number of benzene rings is 2. The molecule has 28 heavy (non-hydrogen) atoms. The summed E-state index contributed by atoms with van der Waals surface area (Å²) >= 11 is 0. The molecule has 0 saturated heterocycles. The van der Waals surface area contributed by atoms with Gasteiger partial charge in [0.15, 0.2) is 0 Å². The first-order valence-electron chi connectivity index (χ1n) is 9.34. The zero-order valence-electron chi connectivity index (χ0n) is 17.0. The van der Waals surface area contributed by atoms with Gasteiger partial charge in [0.05, 0.1) is 11.6 Å². The number of amides is 2. The van der Waals surface area contributed by atoms with E-state index in [4.69, 9.17) is 5.26 Å². The topological polar surface area (TPSA) is 82.0 Å². The van der Waals surface area contributed by atoms with Crippen molar-refractivity contribution in [3.63, 3.8) is 0 Å². The van der Waals surface area contributed by atoms with Crippen molar-refractivity contribution in [2.24, 2.45) is 5.92 Å². The minimum atomic E-state index is -0.676. The van der Waals surface area contributed by atoms with Crippen molar-refractivity contribution in [1.82, 2.24) is 5.32 Å². The number of carbonyl (C=O) groups excluding carboxylic acids is 2. The molecule has 146 valence electrons. The summed E-state index contributed by atoms with van der Waals surface area (Å²) in [6, 6.07) is 15.4. The Kier molecular flexibility index (Phi) is 6.58. The minimum Gasteiger partial charge on any atom is -0.340 e. The molecule has 0 radical (unpaired) electrons. The summed E-state index contributed by atoms with van der Waals surface area (Å²) in [5.74, 6) is -0.662. The molecule has 0 aliphatic rings. The Labute approximate surface area is 166 Å². The van der Waals surface area contributed by atoms with Crippen LogP contribution in [0.2, 0.25) is 0 Å². The predicted molar refractivity (Wildman–Crippen MR) is 111 cm³/mol. The molecular formula is C23H27N3O2. The van der Waals surface area contributed by atoms with Gasteiger partial charge in [0.2, 0.25) is 5.91 Å². The van der Waals surface area contributed by atoms with Crippen LogP contribution in [0.3, 0.4) is 0 Å². The lowest BCUT2D eigenvalue weighted by atomic mass is 9.86. The number of carbonyl (C=O) groups is 2. The van der Waals surface area contributed by atoms with E-state index in [0.717, 1.165) is 5.56 Å². The monoisotopic (exact) mass is 377 g/mol. The highest BCUT2D eigenvalue weighted by Gasteiger charge is 2.25. The Hall–Kier alpha value is -3.13. The average Bonchev–Trinajstić information content (AvgIpc) is 2.65. The zero-order chi connectivity index (χ0) is 20.9. The summed E-state index contributed by atoms with van der Waals surface area (Å²) in [5, 5.41) is 14.5. The van der Waals surface area contributed by atoms with Gasteiger partial charge in [-0.05, 0) is 53.3 Å². The number of nitrogens with zero attached hydrogens (tertiary/aromatic N) is 1. The molecule has 5 heteroatoms. The smallest absolute Gasteiger partial charge is 0.251 e. The van der Waals surface area contributed by atoms with E-state index >= 15 is 0 Å². The lowest BCUT2D eigenvalue weighted by Gasteiger charge is -2.22. The van der Waals surface area contributed by atoms with Gasteiger partial charge in [-0.2, -0.15) is 5.26 Å². The maximum atomic E-state index is 12.7. The Morgan fingerprint density at radius 3 is 2.00 bits per heavy atom. The van der Waals surface area contributed by atoms with Gasteiger partial charge in [-0.25, -0.2) is 0 Å². The molecule has 0 fully saturated rings. The molecule has 0 spiro atoms. The van der Waals surface area contributed by atoms with E-state index in [0.29, 0.717) is 16.8 Å². The molecule has 0 saturated carbocycles. The van der Waals surface area contributed by atoms with E-state index in [1.165, 1.54) is 0 Å². The average molecular weight is 377 g/mol. The second-order valence-corrected chi connectivity index (χ2v) is 8.20. The van der Waals surface area contributed by atoms with Crippen LogP contribution in [-0.2, 0) is 10.2 Å². The second-order valence-electron chi connectivity index (χ2n) is 8.20. The maximum Gasteiger partial charge on any atom is 0.251 e. The van der Waals surface area contributed by atoms with Crippen LogP contribution in [0.4, 0.5) is 5.69 Å². The molecule has 2 aromatic rings. The Morgan fingerprint density at radius 1 is 0.964 bits per heavy atom. The highest BCUT2D eigenvalue weighted by Crippen LogP contribution is 2.22. The molecule has 2 aromatic carbocycles. The molecular weight excluding hydrogens is 350 g/mol. The SMILES string of the molecule is CC(C)C(NC(=O)c1ccc(C(C)(C)C)cc1)C(=O)Nc1ccc(C#N)cc1. The molecule has 0 heterocycles. The van der Waals surface area contributed by atoms with Crippen LogP contribution in [-0.4, -0.2) is 17.9 Å². The summed E-state index contributed by atoms with van der Waals surface area (Å²) < 4.78 is 0. The summed E-state index contributed by atoms with van der Waals surface area (Å²) in [4.78, 5) is 25.3. The summed E-state index contributed by atoms with van der Waals surface area (Å²) in [6.07, 6.45) is 0. The van der Waals surface area contributed by atoms with Crippen molar-refractivity contribution in [2.45, 2.75) is 46.1 Å². The Bertz CT molecular complexity index is 870. The molecule has 0 bridgehead atoms. The largest absolute Gasteiger partial charge is 0.340 e. The quantitative estimate of drug-likeness (QED) is 0.817. The van der Waals surface area contributed by atoms with E-state index in [-0.39, 0.29) is 23.1 Å². The van der Waals surface area contributed by atoms with Gasteiger partial charge >= 0.3 is 0 Å². The van der Waals surface area contributed by atoms with E-state index in [1.807, 2.05) is 32.0 Å². The highest BCUT2D eigenvalue weighted by molar-refractivity contribution is 6.01. The predicted octanol–water partition coefficient (Wildman–Crippen LogP) is 4.25.